The van der Waals surface area contributed by atoms with Crippen LogP contribution in [0.5, 0.6) is 0 Å². The van der Waals surface area contributed by atoms with E-state index in [9.17, 15) is 13.2 Å². The topological polar surface area (TPSA) is 103 Å². The minimum absolute atomic E-state index is 0.0998. The summed E-state index contributed by atoms with van der Waals surface area (Å²) < 4.78 is 32.0. The van der Waals surface area contributed by atoms with E-state index >= 15 is 0 Å². The molecule has 0 saturated heterocycles. The number of benzene rings is 1. The van der Waals surface area contributed by atoms with Crippen molar-refractivity contribution in [2.24, 2.45) is 7.05 Å². The van der Waals surface area contributed by atoms with E-state index in [1.54, 1.807) is 23.9 Å². The summed E-state index contributed by atoms with van der Waals surface area (Å²) >= 11 is 1.62. The second-order valence-corrected chi connectivity index (χ2v) is 10.7. The van der Waals surface area contributed by atoms with Gasteiger partial charge in [-0.3, -0.25) is 9.48 Å². The highest BCUT2D eigenvalue weighted by molar-refractivity contribution is 7.99. The van der Waals surface area contributed by atoms with Gasteiger partial charge in [0.1, 0.15) is 5.69 Å². The van der Waals surface area contributed by atoms with E-state index in [1.807, 2.05) is 23.2 Å². The predicted octanol–water partition coefficient (Wildman–Crippen LogP) is 2.76. The smallest absolute Gasteiger partial charge is 0.243 e. The molecule has 0 aliphatic carbocycles. The van der Waals surface area contributed by atoms with E-state index in [1.165, 1.54) is 23.4 Å². The lowest BCUT2D eigenvalue weighted by molar-refractivity contribution is 0.101. The van der Waals surface area contributed by atoms with E-state index in [0.717, 1.165) is 22.2 Å². The molecule has 0 atom stereocenters. The molecule has 11 heteroatoms. The molecular formula is C21H26N6O3S2. The molecule has 0 amide bonds. The Hall–Kier alpha value is -2.50. The fourth-order valence-corrected chi connectivity index (χ4v) is 6.08. The van der Waals surface area contributed by atoms with Crippen LogP contribution in [0.2, 0.25) is 0 Å². The molecule has 170 valence electrons. The fourth-order valence-electron chi connectivity index (χ4n) is 3.95. The average molecular weight is 475 g/mol. The van der Waals surface area contributed by atoms with E-state index in [4.69, 9.17) is 0 Å². The molecule has 9 nitrogen and oxygen atoms in total. The summed E-state index contributed by atoms with van der Waals surface area (Å²) in [6, 6.07) is 6.09. The summed E-state index contributed by atoms with van der Waals surface area (Å²) in [7, 11) is -1.84. The maximum absolute atomic E-state index is 13.3. The van der Waals surface area contributed by atoms with Crippen molar-refractivity contribution >= 4 is 27.6 Å². The second kappa shape index (κ2) is 8.80. The summed E-state index contributed by atoms with van der Waals surface area (Å²) in [5, 5.41) is 14.2. The second-order valence-electron chi connectivity index (χ2n) is 7.55. The minimum atomic E-state index is -3.72. The minimum Gasteiger partial charge on any atom is -0.301 e. The van der Waals surface area contributed by atoms with Gasteiger partial charge in [0.2, 0.25) is 10.0 Å². The number of thioether (sulfide) groups is 1. The standard InChI is InChI=1S/C21H26N6O3S2/c1-5-27-20(22-23-21(27)31-6-2)19-17-13-26(12-11-18(17)25(4)24-19)32(29,30)16-9-7-15(8-10-16)14(3)28/h7-10H,5-6,11-13H2,1-4H3. The van der Waals surface area contributed by atoms with Gasteiger partial charge < -0.3 is 4.57 Å². The first-order chi connectivity index (χ1) is 15.3. The van der Waals surface area contributed by atoms with Gasteiger partial charge in [-0.15, -0.1) is 10.2 Å². The molecular weight excluding hydrogens is 448 g/mol. The van der Waals surface area contributed by atoms with Gasteiger partial charge in [-0.05, 0) is 31.7 Å². The largest absolute Gasteiger partial charge is 0.301 e. The van der Waals surface area contributed by atoms with Gasteiger partial charge in [0.05, 0.1) is 4.90 Å². The molecule has 0 fully saturated rings. The molecule has 3 heterocycles. The maximum Gasteiger partial charge on any atom is 0.243 e. The molecule has 3 aromatic rings. The molecule has 4 rings (SSSR count). The Morgan fingerprint density at radius 3 is 2.50 bits per heavy atom. The normalized spacial score (nSPS) is 14.5. The van der Waals surface area contributed by atoms with Gasteiger partial charge in [-0.1, -0.05) is 30.8 Å². The number of rotatable bonds is 7. The van der Waals surface area contributed by atoms with Crippen molar-refractivity contribution in [3.8, 4) is 11.5 Å². The molecule has 0 unspecified atom stereocenters. The summed E-state index contributed by atoms with van der Waals surface area (Å²) in [6.45, 7) is 6.82. The number of hydrogen-bond donors (Lipinski definition) is 0. The van der Waals surface area contributed by atoms with Crippen LogP contribution in [-0.4, -0.2) is 55.3 Å². The molecule has 1 aliphatic rings. The van der Waals surface area contributed by atoms with Gasteiger partial charge >= 0.3 is 0 Å². The summed E-state index contributed by atoms with van der Waals surface area (Å²) in [6.07, 6.45) is 0.556. The third-order valence-electron chi connectivity index (χ3n) is 5.62. The molecule has 0 N–H and O–H groups in total. The molecule has 2 aromatic heterocycles. The van der Waals surface area contributed by atoms with Crippen molar-refractivity contribution in [3.05, 3.63) is 41.1 Å². The van der Waals surface area contributed by atoms with Crippen molar-refractivity contribution in [1.82, 2.24) is 28.9 Å². The Kier molecular flexibility index (Phi) is 6.24. The lowest BCUT2D eigenvalue weighted by atomic mass is 10.1. The van der Waals surface area contributed by atoms with Crippen molar-refractivity contribution in [2.75, 3.05) is 12.3 Å². The number of Topliss-reactive ketones (excluding diaryl/α,β-unsaturated/α-hetero) is 1. The van der Waals surface area contributed by atoms with Crippen LogP contribution in [-0.2, 0) is 36.6 Å². The quantitative estimate of drug-likeness (QED) is 0.383. The lowest BCUT2D eigenvalue weighted by Crippen LogP contribution is -2.36. The van der Waals surface area contributed by atoms with Crippen molar-refractivity contribution in [1.29, 1.82) is 0 Å². The number of nitrogens with zero attached hydrogens (tertiary/aromatic N) is 6. The molecule has 32 heavy (non-hydrogen) atoms. The zero-order valence-corrected chi connectivity index (χ0v) is 20.2. The van der Waals surface area contributed by atoms with Crippen molar-refractivity contribution in [3.63, 3.8) is 0 Å². The maximum atomic E-state index is 13.3. The van der Waals surface area contributed by atoms with Gasteiger partial charge in [0, 0.05) is 49.9 Å². The molecule has 1 aliphatic heterocycles. The zero-order chi connectivity index (χ0) is 23.0. The number of hydrogen-bond acceptors (Lipinski definition) is 7. The molecule has 1 aromatic carbocycles. The SMILES string of the molecule is CCSc1nnc(-c2nn(C)c3c2CN(S(=O)(=O)c2ccc(C(C)=O)cc2)CC3)n1CC. The molecule has 0 spiro atoms. The highest BCUT2D eigenvalue weighted by atomic mass is 32.2. The Morgan fingerprint density at radius 1 is 1.16 bits per heavy atom. The third kappa shape index (κ3) is 3.89. The van der Waals surface area contributed by atoms with Crippen LogP contribution in [0, 0.1) is 0 Å². The first kappa shape index (κ1) is 22.7. The van der Waals surface area contributed by atoms with Gasteiger partial charge in [-0.2, -0.15) is 9.40 Å². The number of carbonyl (C=O) groups is 1. The molecule has 0 bridgehead atoms. The summed E-state index contributed by atoms with van der Waals surface area (Å²) in [5.74, 6) is 1.44. The van der Waals surface area contributed by atoms with Crippen molar-refractivity contribution < 1.29 is 13.2 Å². The van der Waals surface area contributed by atoms with E-state index in [0.29, 0.717) is 36.6 Å². The van der Waals surface area contributed by atoms with Crippen LogP contribution in [0.15, 0.2) is 34.3 Å². The number of aromatic nitrogens is 5. The van der Waals surface area contributed by atoms with E-state index in [-0.39, 0.29) is 17.2 Å². The molecule has 0 saturated carbocycles. The Bertz CT molecular complexity index is 1260. The number of aryl methyl sites for hydroxylation is 1. The summed E-state index contributed by atoms with van der Waals surface area (Å²) in [5.41, 5.74) is 3.03. The fraction of sp³-hybridized carbons (Fsp3) is 0.429. The zero-order valence-electron chi connectivity index (χ0n) is 18.6. The van der Waals surface area contributed by atoms with Crippen molar-refractivity contribution in [2.45, 2.75) is 50.3 Å². The highest BCUT2D eigenvalue weighted by Crippen LogP contribution is 2.33. The first-order valence-corrected chi connectivity index (χ1v) is 12.9. The highest BCUT2D eigenvalue weighted by Gasteiger charge is 2.33. The lowest BCUT2D eigenvalue weighted by Gasteiger charge is -2.27. The van der Waals surface area contributed by atoms with Gasteiger partial charge in [-0.25, -0.2) is 8.42 Å². The number of ketones is 1. The van der Waals surface area contributed by atoms with E-state index in [2.05, 4.69) is 22.2 Å². The number of carbonyl (C=O) groups excluding carboxylic acids is 1. The van der Waals surface area contributed by atoms with Crippen LogP contribution in [0.25, 0.3) is 11.5 Å². The summed E-state index contributed by atoms with van der Waals surface area (Å²) in [4.78, 5) is 11.7. The Morgan fingerprint density at radius 2 is 1.88 bits per heavy atom. The molecule has 0 radical (unpaired) electrons. The monoisotopic (exact) mass is 474 g/mol. The average Bonchev–Trinajstić information content (AvgIpc) is 3.34. The third-order valence-corrected chi connectivity index (χ3v) is 8.33. The van der Waals surface area contributed by atoms with Crippen LogP contribution in [0.3, 0.4) is 0 Å². The van der Waals surface area contributed by atoms with Gasteiger partial charge in [0.15, 0.2) is 16.8 Å². The van der Waals surface area contributed by atoms with Crippen LogP contribution in [0.4, 0.5) is 0 Å². The van der Waals surface area contributed by atoms with E-state index < -0.39 is 10.0 Å². The first-order valence-electron chi connectivity index (χ1n) is 10.5. The Labute approximate surface area is 191 Å². The van der Waals surface area contributed by atoms with Gasteiger partial charge in [0.25, 0.3) is 0 Å². The van der Waals surface area contributed by atoms with Crippen LogP contribution in [0.1, 0.15) is 42.4 Å². The van der Waals surface area contributed by atoms with Crippen LogP contribution < -0.4 is 0 Å². The predicted molar refractivity (Wildman–Crippen MR) is 122 cm³/mol. The van der Waals surface area contributed by atoms with Crippen LogP contribution >= 0.6 is 11.8 Å². The Balaban J connectivity index is 1.71. The number of fused-ring (bicyclic) bond motifs is 1. The number of sulfonamides is 1.